The quantitative estimate of drug-likeness (QED) is 0.805. The average Bonchev–Trinajstić information content (AvgIpc) is 2.30. The van der Waals surface area contributed by atoms with Gasteiger partial charge < -0.3 is 5.32 Å². The summed E-state index contributed by atoms with van der Waals surface area (Å²) >= 11 is 5.67. The van der Waals surface area contributed by atoms with Crippen LogP contribution in [0.15, 0.2) is 36.7 Å². The van der Waals surface area contributed by atoms with Crippen molar-refractivity contribution >= 4 is 23.3 Å². The fraction of sp³-hybridized carbons (Fsp3) is 0. The fourth-order valence-electron chi connectivity index (χ4n) is 1.10. The smallest absolute Gasteiger partial charge is 0.257 e. The molecule has 16 heavy (non-hydrogen) atoms. The van der Waals surface area contributed by atoms with E-state index in [1.54, 1.807) is 18.2 Å². The maximum Gasteiger partial charge on any atom is 0.257 e. The highest BCUT2D eigenvalue weighted by atomic mass is 35.5. The number of hydrogen-bond acceptors (Lipinski definition) is 4. The first kappa shape index (κ1) is 10.5. The van der Waals surface area contributed by atoms with E-state index in [4.69, 9.17) is 11.6 Å². The second-order valence-corrected chi connectivity index (χ2v) is 3.32. The van der Waals surface area contributed by atoms with Crippen molar-refractivity contribution in [2.75, 3.05) is 5.32 Å². The number of hydrogen-bond donors (Lipinski definition) is 1. The van der Waals surface area contributed by atoms with E-state index in [1.807, 2.05) is 0 Å². The first-order chi connectivity index (χ1) is 7.75. The molecular formula is C10H7ClN4O. The number of nitrogens with zero attached hydrogens (tertiary/aromatic N) is 3. The number of rotatable bonds is 2. The zero-order chi connectivity index (χ0) is 11.4. The topological polar surface area (TPSA) is 67.8 Å². The van der Waals surface area contributed by atoms with E-state index in [9.17, 15) is 4.79 Å². The number of carbonyl (C=O) groups excluding carboxylic acids is 1. The third-order valence-electron chi connectivity index (χ3n) is 1.80. The maximum atomic E-state index is 11.7. The summed E-state index contributed by atoms with van der Waals surface area (Å²) in [5.41, 5.74) is 0.422. The molecule has 0 saturated heterocycles. The molecule has 0 unspecified atom stereocenters. The molecule has 0 aliphatic heterocycles. The fourth-order valence-corrected chi connectivity index (χ4v) is 1.27. The zero-order valence-electron chi connectivity index (χ0n) is 8.09. The van der Waals surface area contributed by atoms with Crippen LogP contribution in [0.3, 0.4) is 0 Å². The Bertz CT molecular complexity index is 503. The molecule has 2 heterocycles. The van der Waals surface area contributed by atoms with Crippen molar-refractivity contribution in [2.24, 2.45) is 0 Å². The Hall–Kier alpha value is -2.01. The number of pyridine rings is 1. The minimum atomic E-state index is -0.301. The third-order valence-corrected chi connectivity index (χ3v) is 2.01. The first-order valence-corrected chi connectivity index (χ1v) is 4.84. The lowest BCUT2D eigenvalue weighted by molar-refractivity contribution is 0.102. The van der Waals surface area contributed by atoms with E-state index in [2.05, 4.69) is 20.5 Å². The molecule has 6 heteroatoms. The molecule has 2 aromatic rings. The van der Waals surface area contributed by atoms with Crippen LogP contribution in [0, 0.1) is 0 Å². The molecule has 0 aliphatic rings. The number of carbonyl (C=O) groups is 1. The van der Waals surface area contributed by atoms with Crippen LogP contribution < -0.4 is 5.32 Å². The summed E-state index contributed by atoms with van der Waals surface area (Å²) in [4.78, 5) is 15.5. The predicted octanol–water partition coefficient (Wildman–Crippen LogP) is 1.78. The molecule has 0 spiro atoms. The average molecular weight is 235 g/mol. The summed E-state index contributed by atoms with van der Waals surface area (Å²) in [6.07, 6.45) is 2.99. The van der Waals surface area contributed by atoms with E-state index in [1.165, 1.54) is 18.5 Å². The van der Waals surface area contributed by atoms with Gasteiger partial charge in [0.2, 0.25) is 0 Å². The van der Waals surface area contributed by atoms with Gasteiger partial charge in [-0.15, -0.1) is 5.10 Å². The van der Waals surface area contributed by atoms with Crippen molar-refractivity contribution in [3.05, 3.63) is 47.4 Å². The lowest BCUT2D eigenvalue weighted by atomic mass is 10.2. The summed E-state index contributed by atoms with van der Waals surface area (Å²) in [5.74, 6) is 0.0882. The Labute approximate surface area is 96.5 Å². The summed E-state index contributed by atoms with van der Waals surface area (Å²) in [5, 5.41) is 10.2. The monoisotopic (exact) mass is 234 g/mol. The Balaban J connectivity index is 2.15. The van der Waals surface area contributed by atoms with Gasteiger partial charge in [0.15, 0.2) is 5.82 Å². The molecule has 0 bridgehead atoms. The number of nitrogens with one attached hydrogen (secondary N) is 1. The summed E-state index contributed by atoms with van der Waals surface area (Å²) in [6, 6.07) is 6.38. The molecule has 5 nitrogen and oxygen atoms in total. The molecule has 1 N–H and O–H groups in total. The molecule has 0 aromatic carbocycles. The van der Waals surface area contributed by atoms with Gasteiger partial charge in [-0.2, -0.15) is 5.10 Å². The van der Waals surface area contributed by atoms with Gasteiger partial charge in [-0.25, -0.2) is 4.98 Å². The van der Waals surface area contributed by atoms with Crippen molar-refractivity contribution in [1.29, 1.82) is 0 Å². The second kappa shape index (κ2) is 4.67. The Morgan fingerprint density at radius 2 is 2.19 bits per heavy atom. The standard InChI is InChI=1S/C10H7ClN4O/c11-8-6-7(3-5-12-8)10(16)14-9-2-1-4-13-15-9/h1-6H,(H,14,15,16). The normalized spacial score (nSPS) is 9.81. The summed E-state index contributed by atoms with van der Waals surface area (Å²) in [7, 11) is 0. The van der Waals surface area contributed by atoms with Crippen LogP contribution in [0.1, 0.15) is 10.4 Å². The van der Waals surface area contributed by atoms with Gasteiger partial charge in [0.1, 0.15) is 5.15 Å². The Morgan fingerprint density at radius 3 is 2.88 bits per heavy atom. The van der Waals surface area contributed by atoms with Crippen molar-refractivity contribution < 1.29 is 4.79 Å². The number of anilines is 1. The number of aromatic nitrogens is 3. The summed E-state index contributed by atoms with van der Waals surface area (Å²) in [6.45, 7) is 0. The van der Waals surface area contributed by atoms with Crippen molar-refractivity contribution in [2.45, 2.75) is 0 Å². The second-order valence-electron chi connectivity index (χ2n) is 2.93. The molecule has 0 saturated carbocycles. The molecular weight excluding hydrogens is 228 g/mol. The number of halogens is 1. The Kier molecular flexibility index (Phi) is 3.07. The molecule has 80 valence electrons. The van der Waals surface area contributed by atoms with Crippen LogP contribution in [0.2, 0.25) is 5.15 Å². The highest BCUT2D eigenvalue weighted by Crippen LogP contribution is 2.09. The molecule has 0 aliphatic carbocycles. The number of amides is 1. The maximum absolute atomic E-state index is 11.7. The minimum Gasteiger partial charge on any atom is -0.305 e. The van der Waals surface area contributed by atoms with Gasteiger partial charge >= 0.3 is 0 Å². The highest BCUT2D eigenvalue weighted by Gasteiger charge is 2.07. The SMILES string of the molecule is O=C(Nc1cccnn1)c1ccnc(Cl)c1. The molecule has 1 amide bonds. The van der Waals surface area contributed by atoms with Crippen LogP contribution >= 0.6 is 11.6 Å². The zero-order valence-corrected chi connectivity index (χ0v) is 8.85. The minimum absolute atomic E-state index is 0.270. The van der Waals surface area contributed by atoms with Gasteiger partial charge in [-0.05, 0) is 24.3 Å². The Morgan fingerprint density at radius 1 is 1.31 bits per heavy atom. The van der Waals surface area contributed by atoms with E-state index in [0.29, 0.717) is 11.4 Å². The third kappa shape index (κ3) is 2.52. The van der Waals surface area contributed by atoms with Gasteiger partial charge in [0.05, 0.1) is 0 Å². The van der Waals surface area contributed by atoms with Crippen LogP contribution in [0.4, 0.5) is 5.82 Å². The van der Waals surface area contributed by atoms with E-state index in [0.717, 1.165) is 0 Å². The van der Waals surface area contributed by atoms with E-state index < -0.39 is 0 Å². The summed E-state index contributed by atoms with van der Waals surface area (Å²) < 4.78 is 0. The van der Waals surface area contributed by atoms with Crippen LogP contribution in [-0.2, 0) is 0 Å². The first-order valence-electron chi connectivity index (χ1n) is 4.46. The lowest BCUT2D eigenvalue weighted by Crippen LogP contribution is -2.13. The molecule has 0 fully saturated rings. The van der Waals surface area contributed by atoms with Gasteiger partial charge in [0.25, 0.3) is 5.91 Å². The highest BCUT2D eigenvalue weighted by molar-refractivity contribution is 6.29. The lowest BCUT2D eigenvalue weighted by Gasteiger charge is -2.02. The molecule has 0 atom stereocenters. The van der Waals surface area contributed by atoms with E-state index >= 15 is 0 Å². The molecule has 2 rings (SSSR count). The van der Waals surface area contributed by atoms with Crippen molar-refractivity contribution in [1.82, 2.24) is 15.2 Å². The van der Waals surface area contributed by atoms with Crippen molar-refractivity contribution in [3.63, 3.8) is 0 Å². The van der Waals surface area contributed by atoms with E-state index in [-0.39, 0.29) is 11.1 Å². The van der Waals surface area contributed by atoms with Gasteiger partial charge in [0, 0.05) is 18.0 Å². The predicted molar refractivity (Wildman–Crippen MR) is 59.2 cm³/mol. The molecule has 0 radical (unpaired) electrons. The van der Waals surface area contributed by atoms with Crippen LogP contribution in [0.5, 0.6) is 0 Å². The van der Waals surface area contributed by atoms with Crippen LogP contribution in [0.25, 0.3) is 0 Å². The van der Waals surface area contributed by atoms with Crippen molar-refractivity contribution in [3.8, 4) is 0 Å². The van der Waals surface area contributed by atoms with Crippen LogP contribution in [-0.4, -0.2) is 21.1 Å². The largest absolute Gasteiger partial charge is 0.305 e. The van der Waals surface area contributed by atoms with Gasteiger partial charge in [-0.3, -0.25) is 4.79 Å². The van der Waals surface area contributed by atoms with Gasteiger partial charge in [-0.1, -0.05) is 11.6 Å². The molecule has 2 aromatic heterocycles.